The summed E-state index contributed by atoms with van der Waals surface area (Å²) >= 11 is 0. The third-order valence-electron chi connectivity index (χ3n) is 3.08. The molecule has 0 aliphatic carbocycles. The first kappa shape index (κ1) is 13.4. The van der Waals surface area contributed by atoms with Crippen molar-refractivity contribution in [2.75, 3.05) is 10.5 Å². The van der Waals surface area contributed by atoms with Gasteiger partial charge in [0.1, 0.15) is 5.82 Å². The number of hydrogen-bond acceptors (Lipinski definition) is 4. The Balaban J connectivity index is 2.06. The summed E-state index contributed by atoms with van der Waals surface area (Å²) in [5, 5.41) is 1.55. The molecule has 1 aromatic heterocycles. The molecule has 0 fully saturated rings. The van der Waals surface area contributed by atoms with Crippen LogP contribution in [0.3, 0.4) is 0 Å². The maximum absolute atomic E-state index is 12.5. The monoisotopic (exact) mass is 299 g/mol. The molecular formula is C15H13N3O2S. The molecule has 0 atom stereocenters. The highest BCUT2D eigenvalue weighted by Crippen LogP contribution is 2.24. The van der Waals surface area contributed by atoms with Gasteiger partial charge in [-0.05, 0) is 23.6 Å². The number of nitrogen functional groups attached to an aromatic ring is 1. The SMILES string of the molecule is Nc1ccc(NS(=O)(=O)c2cccc3ccccc23)cn1. The number of nitrogens with one attached hydrogen (secondary N) is 1. The normalized spacial score (nSPS) is 11.4. The lowest BCUT2D eigenvalue weighted by molar-refractivity contribution is 0.602. The second kappa shape index (κ2) is 5.06. The van der Waals surface area contributed by atoms with Crippen LogP contribution in [0.25, 0.3) is 10.8 Å². The molecule has 0 amide bonds. The minimum atomic E-state index is -3.68. The van der Waals surface area contributed by atoms with Gasteiger partial charge in [0.2, 0.25) is 0 Å². The topological polar surface area (TPSA) is 85.1 Å². The Morgan fingerprint density at radius 3 is 2.48 bits per heavy atom. The van der Waals surface area contributed by atoms with Gasteiger partial charge in [-0.1, -0.05) is 36.4 Å². The first-order valence-corrected chi connectivity index (χ1v) is 7.77. The van der Waals surface area contributed by atoms with Gasteiger partial charge in [-0.3, -0.25) is 4.72 Å². The Hall–Kier alpha value is -2.60. The number of benzene rings is 2. The van der Waals surface area contributed by atoms with E-state index in [4.69, 9.17) is 5.73 Å². The quantitative estimate of drug-likeness (QED) is 0.778. The molecule has 6 heteroatoms. The zero-order valence-corrected chi connectivity index (χ0v) is 11.8. The van der Waals surface area contributed by atoms with Crippen LogP contribution in [0.5, 0.6) is 0 Å². The standard InChI is InChI=1S/C15H13N3O2S/c16-15-9-8-12(10-17-15)18-21(19,20)14-7-3-5-11-4-1-2-6-13(11)14/h1-10,18H,(H2,16,17). The van der Waals surface area contributed by atoms with Gasteiger partial charge in [0.15, 0.2) is 0 Å². The molecule has 0 spiro atoms. The molecule has 0 aliphatic rings. The van der Waals surface area contributed by atoms with E-state index in [1.54, 1.807) is 30.3 Å². The third-order valence-corrected chi connectivity index (χ3v) is 4.52. The molecule has 0 saturated heterocycles. The smallest absolute Gasteiger partial charge is 0.262 e. The lowest BCUT2D eigenvalue weighted by Crippen LogP contribution is -2.13. The number of sulfonamides is 1. The molecule has 0 radical (unpaired) electrons. The van der Waals surface area contributed by atoms with Crippen LogP contribution < -0.4 is 10.5 Å². The Bertz CT molecular complexity index is 885. The van der Waals surface area contributed by atoms with Crippen LogP contribution in [-0.2, 0) is 10.0 Å². The minimum Gasteiger partial charge on any atom is -0.384 e. The van der Waals surface area contributed by atoms with Crippen molar-refractivity contribution in [1.29, 1.82) is 0 Å². The van der Waals surface area contributed by atoms with E-state index in [1.165, 1.54) is 6.20 Å². The lowest BCUT2D eigenvalue weighted by Gasteiger charge is -2.10. The van der Waals surface area contributed by atoms with E-state index in [0.29, 0.717) is 16.9 Å². The Morgan fingerprint density at radius 2 is 1.71 bits per heavy atom. The predicted octanol–water partition coefficient (Wildman–Crippen LogP) is 2.62. The number of rotatable bonds is 3. The van der Waals surface area contributed by atoms with Crippen LogP contribution in [0.4, 0.5) is 11.5 Å². The molecule has 3 rings (SSSR count). The van der Waals surface area contributed by atoms with Gasteiger partial charge in [0.25, 0.3) is 10.0 Å². The molecular weight excluding hydrogens is 286 g/mol. The molecule has 1 heterocycles. The van der Waals surface area contributed by atoms with Crippen LogP contribution in [0.1, 0.15) is 0 Å². The Kier molecular flexibility index (Phi) is 3.23. The van der Waals surface area contributed by atoms with Crippen LogP contribution in [0.2, 0.25) is 0 Å². The molecule has 106 valence electrons. The molecule has 0 aliphatic heterocycles. The predicted molar refractivity (Wildman–Crippen MR) is 83.4 cm³/mol. The number of anilines is 2. The summed E-state index contributed by atoms with van der Waals surface area (Å²) in [6.07, 6.45) is 1.39. The van der Waals surface area contributed by atoms with Crippen LogP contribution >= 0.6 is 0 Å². The van der Waals surface area contributed by atoms with Crippen LogP contribution in [0.15, 0.2) is 65.7 Å². The van der Waals surface area contributed by atoms with E-state index in [0.717, 1.165) is 5.39 Å². The summed E-state index contributed by atoms with van der Waals surface area (Å²) < 4.78 is 27.6. The fraction of sp³-hybridized carbons (Fsp3) is 0. The number of nitrogens with zero attached hydrogens (tertiary/aromatic N) is 1. The summed E-state index contributed by atoms with van der Waals surface area (Å²) in [5.41, 5.74) is 5.86. The van der Waals surface area contributed by atoms with Crippen molar-refractivity contribution in [3.05, 3.63) is 60.8 Å². The van der Waals surface area contributed by atoms with Gasteiger partial charge in [-0.25, -0.2) is 13.4 Å². The van der Waals surface area contributed by atoms with Crippen molar-refractivity contribution in [3.8, 4) is 0 Å². The highest BCUT2D eigenvalue weighted by atomic mass is 32.2. The lowest BCUT2D eigenvalue weighted by atomic mass is 10.1. The average Bonchev–Trinajstić information content (AvgIpc) is 2.49. The summed E-state index contributed by atoms with van der Waals surface area (Å²) in [5.74, 6) is 0.336. The van der Waals surface area contributed by atoms with E-state index in [-0.39, 0.29) is 4.90 Å². The Labute approximate surface area is 122 Å². The third kappa shape index (κ3) is 2.66. The number of fused-ring (bicyclic) bond motifs is 1. The number of nitrogens with two attached hydrogens (primary N) is 1. The molecule has 2 aromatic carbocycles. The van der Waals surface area contributed by atoms with Gasteiger partial charge >= 0.3 is 0 Å². The summed E-state index contributed by atoms with van der Waals surface area (Å²) in [6.45, 7) is 0. The molecule has 5 nitrogen and oxygen atoms in total. The van der Waals surface area contributed by atoms with Gasteiger partial charge in [-0.2, -0.15) is 0 Å². The van der Waals surface area contributed by atoms with Crippen molar-refractivity contribution in [1.82, 2.24) is 4.98 Å². The van der Waals surface area contributed by atoms with Crippen LogP contribution in [-0.4, -0.2) is 13.4 Å². The summed E-state index contributed by atoms with van der Waals surface area (Å²) in [6, 6.07) is 15.6. The first-order valence-electron chi connectivity index (χ1n) is 6.28. The maximum atomic E-state index is 12.5. The van der Waals surface area contributed by atoms with Crippen molar-refractivity contribution in [3.63, 3.8) is 0 Å². The van der Waals surface area contributed by atoms with Gasteiger partial charge < -0.3 is 5.73 Å². The van der Waals surface area contributed by atoms with Gasteiger partial charge in [0.05, 0.1) is 16.8 Å². The number of hydrogen-bond donors (Lipinski definition) is 2. The van der Waals surface area contributed by atoms with Crippen molar-refractivity contribution in [2.24, 2.45) is 0 Å². The van der Waals surface area contributed by atoms with Crippen molar-refractivity contribution >= 4 is 32.3 Å². The fourth-order valence-corrected chi connectivity index (χ4v) is 3.38. The van der Waals surface area contributed by atoms with Gasteiger partial charge in [-0.15, -0.1) is 0 Å². The molecule has 3 N–H and O–H groups in total. The molecule has 0 unspecified atom stereocenters. The van der Waals surface area contributed by atoms with E-state index in [1.807, 2.05) is 24.3 Å². The van der Waals surface area contributed by atoms with Crippen molar-refractivity contribution in [2.45, 2.75) is 4.90 Å². The molecule has 0 saturated carbocycles. The van der Waals surface area contributed by atoms with E-state index < -0.39 is 10.0 Å². The van der Waals surface area contributed by atoms with Gasteiger partial charge in [0, 0.05) is 5.39 Å². The first-order chi connectivity index (χ1) is 10.1. The number of pyridine rings is 1. The minimum absolute atomic E-state index is 0.234. The summed E-state index contributed by atoms with van der Waals surface area (Å²) in [4.78, 5) is 4.10. The van der Waals surface area contributed by atoms with Crippen LogP contribution in [0, 0.1) is 0 Å². The number of aromatic nitrogens is 1. The largest absolute Gasteiger partial charge is 0.384 e. The highest BCUT2D eigenvalue weighted by molar-refractivity contribution is 7.93. The van der Waals surface area contributed by atoms with E-state index >= 15 is 0 Å². The highest BCUT2D eigenvalue weighted by Gasteiger charge is 2.17. The second-order valence-electron chi connectivity index (χ2n) is 4.55. The molecule has 3 aromatic rings. The zero-order chi connectivity index (χ0) is 14.9. The maximum Gasteiger partial charge on any atom is 0.262 e. The second-order valence-corrected chi connectivity index (χ2v) is 6.21. The van der Waals surface area contributed by atoms with E-state index in [9.17, 15) is 8.42 Å². The zero-order valence-electron chi connectivity index (χ0n) is 11.0. The fourth-order valence-electron chi connectivity index (χ4n) is 2.11. The summed E-state index contributed by atoms with van der Waals surface area (Å²) in [7, 11) is -3.68. The Morgan fingerprint density at radius 1 is 0.952 bits per heavy atom. The molecule has 0 bridgehead atoms. The molecule has 21 heavy (non-hydrogen) atoms. The van der Waals surface area contributed by atoms with E-state index in [2.05, 4.69) is 9.71 Å². The average molecular weight is 299 g/mol. The van der Waals surface area contributed by atoms with Crippen molar-refractivity contribution < 1.29 is 8.42 Å².